The molecule has 2 aliphatic rings. The molecular weight excluding hydrogens is 498 g/mol. The minimum atomic E-state index is -0.807. The van der Waals surface area contributed by atoms with Crippen LogP contribution >= 0.6 is 0 Å². The van der Waals surface area contributed by atoms with Gasteiger partial charge in [0.05, 0.1) is 29.4 Å². The Balaban J connectivity index is 1.40. The highest BCUT2D eigenvalue weighted by atomic mass is 19.2. The molecule has 1 aliphatic heterocycles. The van der Waals surface area contributed by atoms with Crippen LogP contribution in [0.5, 0.6) is 0 Å². The molecule has 3 heterocycles. The molecule has 0 amide bonds. The molecule has 0 N–H and O–H groups in total. The fraction of sp³-hybridized carbons (Fsp3) is 0.484. The van der Waals surface area contributed by atoms with Crippen molar-refractivity contribution >= 4 is 11.0 Å². The zero-order valence-electron chi connectivity index (χ0n) is 23.1. The van der Waals surface area contributed by atoms with Crippen LogP contribution in [0.3, 0.4) is 0 Å². The zero-order chi connectivity index (χ0) is 27.3. The van der Waals surface area contributed by atoms with Crippen molar-refractivity contribution in [2.75, 3.05) is 7.11 Å². The van der Waals surface area contributed by atoms with Crippen LogP contribution in [0.15, 0.2) is 40.9 Å². The van der Waals surface area contributed by atoms with E-state index in [1.807, 2.05) is 13.8 Å². The van der Waals surface area contributed by atoms with E-state index in [1.165, 1.54) is 12.1 Å². The van der Waals surface area contributed by atoms with Gasteiger partial charge < -0.3 is 13.8 Å². The van der Waals surface area contributed by atoms with Crippen LogP contribution in [-0.2, 0) is 11.3 Å². The Bertz CT molecular complexity index is 1470. The number of nitrogens with zero attached hydrogens (tertiary/aromatic N) is 4. The molecule has 2 aromatic heterocycles. The quantitative estimate of drug-likeness (QED) is 0.257. The summed E-state index contributed by atoms with van der Waals surface area (Å²) >= 11 is 0. The Morgan fingerprint density at radius 1 is 0.974 bits per heavy atom. The first kappa shape index (κ1) is 26.1. The molecule has 6 rings (SSSR count). The fourth-order valence-electron chi connectivity index (χ4n) is 6.80. The largest absolute Gasteiger partial charge is 0.381 e. The van der Waals surface area contributed by atoms with Gasteiger partial charge in [-0.2, -0.15) is 0 Å². The average Bonchev–Trinajstić information content (AvgIpc) is 3.59. The fourth-order valence-corrected chi connectivity index (χ4v) is 6.80. The molecule has 206 valence electrons. The lowest BCUT2D eigenvalue weighted by atomic mass is 9.92. The Kier molecular flexibility index (Phi) is 7.02. The maximum Gasteiger partial charge on any atom is 0.159 e. The van der Waals surface area contributed by atoms with E-state index in [-0.39, 0.29) is 6.04 Å². The summed E-state index contributed by atoms with van der Waals surface area (Å²) in [6, 6.07) is 11.4. The molecule has 1 aliphatic carbocycles. The Morgan fingerprint density at radius 2 is 1.77 bits per heavy atom. The average molecular weight is 535 g/mol. The molecule has 6 nitrogen and oxygen atoms in total. The summed E-state index contributed by atoms with van der Waals surface area (Å²) in [6.07, 6.45) is 6.32. The third-order valence-electron chi connectivity index (χ3n) is 8.90. The van der Waals surface area contributed by atoms with Crippen LogP contribution in [0, 0.1) is 25.5 Å². The monoisotopic (exact) mass is 534 g/mol. The van der Waals surface area contributed by atoms with Crippen molar-refractivity contribution in [1.29, 1.82) is 0 Å². The second kappa shape index (κ2) is 10.5. The molecule has 2 fully saturated rings. The van der Waals surface area contributed by atoms with Crippen LogP contribution in [0.25, 0.3) is 22.2 Å². The minimum absolute atomic E-state index is 0.0189. The van der Waals surface area contributed by atoms with Crippen LogP contribution in [0.1, 0.15) is 80.4 Å². The Hall–Kier alpha value is -3.10. The number of methoxy groups -OCH3 is 1. The second-order valence-electron chi connectivity index (χ2n) is 11.3. The summed E-state index contributed by atoms with van der Waals surface area (Å²) in [7, 11) is 1.80. The van der Waals surface area contributed by atoms with Crippen LogP contribution < -0.4 is 0 Å². The molecule has 39 heavy (non-hydrogen) atoms. The highest BCUT2D eigenvalue weighted by molar-refractivity contribution is 5.83. The lowest BCUT2D eigenvalue weighted by Crippen LogP contribution is -2.31. The predicted molar refractivity (Wildman–Crippen MR) is 146 cm³/mol. The van der Waals surface area contributed by atoms with Crippen molar-refractivity contribution in [2.45, 2.75) is 90.1 Å². The van der Waals surface area contributed by atoms with Gasteiger partial charge in [0.2, 0.25) is 0 Å². The van der Waals surface area contributed by atoms with Crippen molar-refractivity contribution in [3.63, 3.8) is 0 Å². The van der Waals surface area contributed by atoms with E-state index in [1.54, 1.807) is 13.2 Å². The predicted octanol–water partition coefficient (Wildman–Crippen LogP) is 7.44. The number of imidazole rings is 1. The summed E-state index contributed by atoms with van der Waals surface area (Å²) in [4.78, 5) is 7.62. The van der Waals surface area contributed by atoms with Crippen molar-refractivity contribution in [3.8, 4) is 11.1 Å². The number of rotatable bonds is 6. The van der Waals surface area contributed by atoms with Crippen molar-refractivity contribution < 1.29 is 18.0 Å². The van der Waals surface area contributed by atoms with Crippen LogP contribution in [-0.4, -0.2) is 38.9 Å². The Labute approximate surface area is 227 Å². The Morgan fingerprint density at radius 3 is 2.46 bits per heavy atom. The lowest BCUT2D eigenvalue weighted by molar-refractivity contribution is 0.0580. The van der Waals surface area contributed by atoms with Gasteiger partial charge in [-0.05, 0) is 94.7 Å². The lowest BCUT2D eigenvalue weighted by Gasteiger charge is -2.32. The van der Waals surface area contributed by atoms with Gasteiger partial charge in [0.25, 0.3) is 0 Å². The van der Waals surface area contributed by atoms with E-state index >= 15 is 0 Å². The highest BCUT2D eigenvalue weighted by Crippen LogP contribution is 2.40. The summed E-state index contributed by atoms with van der Waals surface area (Å²) in [5.41, 5.74) is 5.82. The van der Waals surface area contributed by atoms with Gasteiger partial charge in [-0.3, -0.25) is 4.90 Å². The van der Waals surface area contributed by atoms with E-state index in [0.29, 0.717) is 24.7 Å². The summed E-state index contributed by atoms with van der Waals surface area (Å²) in [5.74, 6) is 0.215. The molecule has 8 heteroatoms. The third-order valence-corrected chi connectivity index (χ3v) is 8.90. The number of likely N-dealkylation sites (tertiary alicyclic amines) is 1. The van der Waals surface area contributed by atoms with Gasteiger partial charge in [-0.15, -0.1) is 0 Å². The molecule has 2 atom stereocenters. The molecule has 0 bridgehead atoms. The maximum atomic E-state index is 14.2. The standard InChI is InChI=1S/C31H36F2N4O2/c1-18-5-13-28(21-6-12-25(32)26(33)15-21)36(18)17-30-34-27-16-22(31-19(2)35-39-20(31)3)7-14-29(27)37(30)23-8-10-24(38-4)11-9-23/h6-7,12,14-16,18,23-24,28H,5,8-11,13,17H2,1-4H3/t18-,23-,24-,28-/m0/s1. The van der Waals surface area contributed by atoms with Crippen LogP contribution in [0.2, 0.25) is 0 Å². The van der Waals surface area contributed by atoms with Crippen molar-refractivity contribution in [1.82, 2.24) is 19.6 Å². The number of aromatic nitrogens is 3. The van der Waals surface area contributed by atoms with E-state index in [2.05, 4.69) is 39.7 Å². The maximum absolute atomic E-state index is 14.2. The summed E-state index contributed by atoms with van der Waals surface area (Å²) in [6.45, 7) is 6.75. The van der Waals surface area contributed by atoms with E-state index < -0.39 is 11.6 Å². The van der Waals surface area contributed by atoms with Gasteiger partial charge in [-0.25, -0.2) is 13.8 Å². The second-order valence-corrected chi connectivity index (χ2v) is 11.3. The van der Waals surface area contributed by atoms with E-state index in [0.717, 1.165) is 83.5 Å². The van der Waals surface area contributed by atoms with Gasteiger partial charge in [0.1, 0.15) is 11.6 Å². The number of halogens is 2. The molecule has 2 aromatic carbocycles. The number of hydrogen-bond donors (Lipinski definition) is 0. The number of benzene rings is 2. The molecule has 1 saturated heterocycles. The number of hydrogen-bond acceptors (Lipinski definition) is 5. The number of fused-ring (bicyclic) bond motifs is 1. The number of ether oxygens (including phenoxy) is 1. The summed E-state index contributed by atoms with van der Waals surface area (Å²) < 4.78 is 41.4. The molecule has 0 spiro atoms. The van der Waals surface area contributed by atoms with Crippen molar-refractivity contribution in [3.05, 3.63) is 70.9 Å². The molecule has 0 unspecified atom stereocenters. The topological polar surface area (TPSA) is 56.3 Å². The van der Waals surface area contributed by atoms with Gasteiger partial charge in [0.15, 0.2) is 11.6 Å². The van der Waals surface area contributed by atoms with E-state index in [4.69, 9.17) is 14.2 Å². The normalized spacial score (nSPS) is 24.2. The third kappa shape index (κ3) is 4.78. The highest BCUT2D eigenvalue weighted by Gasteiger charge is 2.34. The molecule has 0 radical (unpaired) electrons. The minimum Gasteiger partial charge on any atom is -0.381 e. The summed E-state index contributed by atoms with van der Waals surface area (Å²) in [5, 5.41) is 4.14. The van der Waals surface area contributed by atoms with Crippen molar-refractivity contribution in [2.24, 2.45) is 0 Å². The zero-order valence-corrected chi connectivity index (χ0v) is 23.1. The number of aryl methyl sites for hydroxylation is 2. The van der Waals surface area contributed by atoms with Gasteiger partial charge in [0, 0.05) is 30.8 Å². The molecule has 4 aromatic rings. The van der Waals surface area contributed by atoms with E-state index in [9.17, 15) is 8.78 Å². The van der Waals surface area contributed by atoms with Crippen LogP contribution in [0.4, 0.5) is 8.78 Å². The van der Waals surface area contributed by atoms with Gasteiger partial charge in [-0.1, -0.05) is 17.3 Å². The van der Waals surface area contributed by atoms with Gasteiger partial charge >= 0.3 is 0 Å². The first-order valence-electron chi connectivity index (χ1n) is 14.0. The molecule has 1 saturated carbocycles. The molecular formula is C31H36F2N4O2. The first-order chi connectivity index (χ1) is 18.8. The first-order valence-corrected chi connectivity index (χ1v) is 14.0. The smallest absolute Gasteiger partial charge is 0.159 e. The SMILES string of the molecule is CO[C@H]1CC[C@H](n2c(CN3[C@@H](C)CC[C@H]3c3ccc(F)c(F)c3)nc3cc(-c4c(C)noc4C)ccc32)CC1.